The molecule has 4 N–H and O–H groups in total. The van der Waals surface area contributed by atoms with Crippen molar-refractivity contribution in [2.24, 2.45) is 0 Å². The van der Waals surface area contributed by atoms with Crippen molar-refractivity contribution in [1.29, 1.82) is 0 Å². The van der Waals surface area contributed by atoms with Gasteiger partial charge in [0.1, 0.15) is 11.9 Å². The number of pyridine rings is 1. The zero-order valence-corrected chi connectivity index (χ0v) is 18.2. The van der Waals surface area contributed by atoms with Gasteiger partial charge in [0.2, 0.25) is 0 Å². The molecule has 0 amide bonds. The highest BCUT2D eigenvalue weighted by molar-refractivity contribution is 6.36. The fraction of sp³-hybridized carbons (Fsp3) is 0.333. The van der Waals surface area contributed by atoms with Gasteiger partial charge in [-0.05, 0) is 38.1 Å². The zero-order valence-electron chi connectivity index (χ0n) is 16.7. The third-order valence-corrected chi connectivity index (χ3v) is 6.07. The lowest BCUT2D eigenvalue weighted by molar-refractivity contribution is 0.0810. The molecule has 0 bridgehead atoms. The average molecular weight is 466 g/mol. The molecule has 164 valence electrons. The lowest BCUT2D eigenvalue weighted by Crippen LogP contribution is -2.41. The molecule has 1 saturated heterocycles. The van der Waals surface area contributed by atoms with E-state index in [1.807, 2.05) is 6.20 Å². The molecule has 0 radical (unpaired) electrons. The summed E-state index contributed by atoms with van der Waals surface area (Å²) >= 11 is 12.3. The van der Waals surface area contributed by atoms with E-state index in [-0.39, 0.29) is 16.9 Å². The number of nitrogens with two attached hydrogens (primary N) is 1. The maximum absolute atomic E-state index is 13.9. The molecule has 7 nitrogen and oxygen atoms in total. The van der Waals surface area contributed by atoms with Crippen molar-refractivity contribution in [2.45, 2.75) is 31.6 Å². The second-order valence-corrected chi connectivity index (χ2v) is 8.25. The predicted octanol–water partition coefficient (Wildman–Crippen LogP) is 4.01. The molecular formula is C21H22Cl2FN5O2. The number of aliphatic hydroxyl groups is 1. The molecule has 3 aromatic rings. The Morgan fingerprint density at radius 1 is 1.32 bits per heavy atom. The maximum Gasteiger partial charge on any atom is 0.166 e. The van der Waals surface area contributed by atoms with Crippen LogP contribution in [-0.4, -0.2) is 39.1 Å². The molecule has 0 spiro atoms. The minimum atomic E-state index is -0.664. The highest BCUT2D eigenvalue weighted by Gasteiger charge is 2.25. The van der Waals surface area contributed by atoms with Gasteiger partial charge in [-0.25, -0.2) is 9.37 Å². The lowest BCUT2D eigenvalue weighted by Gasteiger charge is -2.28. The summed E-state index contributed by atoms with van der Waals surface area (Å²) in [7, 11) is 0. The fourth-order valence-corrected chi connectivity index (χ4v) is 4.36. The van der Waals surface area contributed by atoms with Gasteiger partial charge < -0.3 is 20.9 Å². The van der Waals surface area contributed by atoms with Gasteiger partial charge in [0, 0.05) is 40.7 Å². The Kier molecular flexibility index (Phi) is 6.34. The van der Waals surface area contributed by atoms with Crippen LogP contribution in [0.25, 0.3) is 11.1 Å². The van der Waals surface area contributed by atoms with Crippen molar-refractivity contribution in [3.8, 4) is 16.9 Å². The van der Waals surface area contributed by atoms with Crippen LogP contribution in [0.2, 0.25) is 10.0 Å². The van der Waals surface area contributed by atoms with Crippen molar-refractivity contribution < 1.29 is 14.2 Å². The zero-order chi connectivity index (χ0) is 22.1. The van der Waals surface area contributed by atoms with Gasteiger partial charge in [0.15, 0.2) is 11.6 Å². The van der Waals surface area contributed by atoms with Crippen LogP contribution in [0.3, 0.4) is 0 Å². The van der Waals surface area contributed by atoms with Crippen molar-refractivity contribution in [2.75, 3.05) is 18.8 Å². The monoisotopic (exact) mass is 465 g/mol. The number of anilines is 1. The molecule has 2 aromatic heterocycles. The number of β-amino-alcohol motifs (C(OH)–C–C–N with tert-alkyl or cyclic N) is 1. The average Bonchev–Trinajstić information content (AvgIpc) is 3.23. The Morgan fingerprint density at radius 3 is 2.90 bits per heavy atom. The third kappa shape index (κ3) is 4.48. The first-order chi connectivity index (χ1) is 14.8. The van der Waals surface area contributed by atoms with E-state index in [1.54, 1.807) is 30.1 Å². The summed E-state index contributed by atoms with van der Waals surface area (Å²) < 4.78 is 21.6. The number of aliphatic hydroxyl groups excluding tert-OH is 1. The number of halogens is 3. The Bertz CT molecular complexity index is 1090. The van der Waals surface area contributed by atoms with Gasteiger partial charge in [-0.3, -0.25) is 4.68 Å². The summed E-state index contributed by atoms with van der Waals surface area (Å²) in [6, 6.07) is 4.28. The Hall–Kier alpha value is -2.39. The van der Waals surface area contributed by atoms with Crippen LogP contribution >= 0.6 is 23.2 Å². The minimum absolute atomic E-state index is 0.0928. The molecule has 4 rings (SSSR count). The van der Waals surface area contributed by atoms with Crippen molar-refractivity contribution in [1.82, 2.24) is 20.1 Å². The van der Waals surface area contributed by atoms with Gasteiger partial charge >= 0.3 is 0 Å². The quantitative estimate of drug-likeness (QED) is 0.492. The van der Waals surface area contributed by atoms with Gasteiger partial charge in [-0.2, -0.15) is 5.10 Å². The number of hydrogen-bond donors (Lipinski definition) is 3. The largest absolute Gasteiger partial charge is 0.482 e. The van der Waals surface area contributed by atoms with E-state index in [9.17, 15) is 9.50 Å². The summed E-state index contributed by atoms with van der Waals surface area (Å²) in [5.74, 6) is -0.0830. The molecule has 1 aromatic carbocycles. The second-order valence-electron chi connectivity index (χ2n) is 7.46. The van der Waals surface area contributed by atoms with E-state index >= 15 is 0 Å². The van der Waals surface area contributed by atoms with Crippen molar-refractivity contribution in [3.63, 3.8) is 0 Å². The van der Waals surface area contributed by atoms with Crippen LogP contribution in [0.5, 0.6) is 5.75 Å². The second kappa shape index (κ2) is 9.00. The molecule has 31 heavy (non-hydrogen) atoms. The van der Waals surface area contributed by atoms with E-state index < -0.39 is 18.0 Å². The highest BCUT2D eigenvalue weighted by Crippen LogP contribution is 2.37. The van der Waals surface area contributed by atoms with Crippen LogP contribution in [0, 0.1) is 5.82 Å². The normalized spacial score (nSPS) is 19.9. The van der Waals surface area contributed by atoms with Crippen LogP contribution in [-0.2, 0) is 0 Å². The molecule has 0 aliphatic carbocycles. The molecule has 1 aliphatic heterocycles. The number of hydrogen-bond acceptors (Lipinski definition) is 6. The summed E-state index contributed by atoms with van der Waals surface area (Å²) in [5, 5.41) is 18.0. The lowest BCUT2D eigenvalue weighted by atomic mass is 10.0. The van der Waals surface area contributed by atoms with Crippen LogP contribution in [0.15, 0.2) is 36.8 Å². The van der Waals surface area contributed by atoms with Crippen molar-refractivity contribution >= 4 is 29.0 Å². The Morgan fingerprint density at radius 2 is 2.13 bits per heavy atom. The molecule has 1 unspecified atom stereocenters. The van der Waals surface area contributed by atoms with Gasteiger partial charge in [-0.1, -0.05) is 23.2 Å². The molecule has 3 heterocycles. The van der Waals surface area contributed by atoms with E-state index in [0.29, 0.717) is 22.9 Å². The maximum atomic E-state index is 13.9. The molecule has 1 fully saturated rings. The van der Waals surface area contributed by atoms with E-state index in [1.165, 1.54) is 12.1 Å². The summed E-state index contributed by atoms with van der Waals surface area (Å²) in [6.07, 6.45) is 4.79. The highest BCUT2D eigenvalue weighted by atomic mass is 35.5. The molecule has 3 atom stereocenters. The van der Waals surface area contributed by atoms with Gasteiger partial charge in [0.25, 0.3) is 0 Å². The number of ether oxygens (including phenoxy) is 1. The van der Waals surface area contributed by atoms with E-state index in [4.69, 9.17) is 33.7 Å². The standard InChI is InChI=1S/C21H22Cl2FN5O2/c1-11(19-14(22)2-3-15(24)20(19)23)31-18-6-12(7-27-21(18)25)13-8-28-29(10-13)16-4-5-26-9-17(16)30/h2-3,6-8,10-11,16-17,26,30H,4-5,9H2,1H3,(H2,25,27)/t11-,16?,17+/m1/s1. The van der Waals surface area contributed by atoms with E-state index in [0.717, 1.165) is 24.1 Å². The number of benzene rings is 1. The topological polar surface area (TPSA) is 98.2 Å². The summed E-state index contributed by atoms with van der Waals surface area (Å²) in [5.41, 5.74) is 7.88. The number of piperidine rings is 1. The molecule has 1 aliphatic rings. The molecule has 0 saturated carbocycles. The first kappa shape index (κ1) is 21.8. The summed E-state index contributed by atoms with van der Waals surface area (Å²) in [4.78, 5) is 4.22. The SMILES string of the molecule is C[C@@H](Oc1cc(-c2cnn(C3CCNC[C@@H]3O)c2)cnc1N)c1c(Cl)ccc(F)c1Cl. The first-order valence-electron chi connectivity index (χ1n) is 9.84. The molecular weight excluding hydrogens is 444 g/mol. The van der Waals surface area contributed by atoms with Crippen LogP contribution in [0.4, 0.5) is 10.2 Å². The minimum Gasteiger partial charge on any atom is -0.482 e. The summed E-state index contributed by atoms with van der Waals surface area (Å²) in [6.45, 7) is 3.06. The number of rotatable bonds is 5. The van der Waals surface area contributed by atoms with E-state index in [2.05, 4.69) is 15.4 Å². The smallest absolute Gasteiger partial charge is 0.166 e. The Labute approximate surface area is 188 Å². The predicted molar refractivity (Wildman–Crippen MR) is 118 cm³/mol. The van der Waals surface area contributed by atoms with Gasteiger partial charge in [0.05, 0.1) is 23.4 Å². The first-order valence-corrected chi connectivity index (χ1v) is 10.6. The van der Waals surface area contributed by atoms with Gasteiger partial charge in [-0.15, -0.1) is 0 Å². The molecule has 10 heteroatoms. The van der Waals surface area contributed by atoms with Crippen LogP contribution < -0.4 is 15.8 Å². The number of nitrogens with zero attached hydrogens (tertiary/aromatic N) is 3. The van der Waals surface area contributed by atoms with Crippen LogP contribution in [0.1, 0.15) is 31.1 Å². The number of nitrogen functional groups attached to an aromatic ring is 1. The third-order valence-electron chi connectivity index (χ3n) is 5.36. The fourth-order valence-electron chi connectivity index (χ4n) is 3.68. The Balaban J connectivity index is 1.59. The number of aromatic nitrogens is 3. The number of nitrogens with one attached hydrogen (secondary N) is 1. The van der Waals surface area contributed by atoms with Crippen molar-refractivity contribution in [3.05, 3.63) is 58.2 Å².